The highest BCUT2D eigenvalue weighted by Crippen LogP contribution is 2.30. The molecule has 1 atom stereocenters. The van der Waals surface area contributed by atoms with Crippen LogP contribution >= 0.6 is 0 Å². The molecule has 78 valence electrons. The summed E-state index contributed by atoms with van der Waals surface area (Å²) in [7, 11) is 0. The molecule has 1 saturated carbocycles. The van der Waals surface area contributed by atoms with Gasteiger partial charge in [-0.25, -0.2) is 4.98 Å². The summed E-state index contributed by atoms with van der Waals surface area (Å²) in [6.07, 6.45) is 11.0. The van der Waals surface area contributed by atoms with Crippen LogP contribution in [-0.4, -0.2) is 4.98 Å². The molecule has 0 radical (unpaired) electrons. The van der Waals surface area contributed by atoms with Crippen LogP contribution in [0.1, 0.15) is 50.3 Å². The van der Waals surface area contributed by atoms with Gasteiger partial charge in [-0.3, -0.25) is 0 Å². The Labute approximate surface area is 84.7 Å². The summed E-state index contributed by atoms with van der Waals surface area (Å²) in [5.74, 6) is 1.62. The Hall–Kier alpha value is -0.830. The largest absolute Gasteiger partial charge is 0.447 e. The summed E-state index contributed by atoms with van der Waals surface area (Å²) in [5, 5.41) is 0. The highest BCUT2D eigenvalue weighted by Gasteiger charge is 2.19. The molecule has 1 heterocycles. The highest BCUT2D eigenvalue weighted by atomic mass is 16.3. The lowest BCUT2D eigenvalue weighted by molar-refractivity contribution is 0.304. The number of nitrogens with zero attached hydrogens (tertiary/aromatic N) is 1. The fraction of sp³-hybridized carbons (Fsp3) is 0.727. The minimum Gasteiger partial charge on any atom is -0.447 e. The van der Waals surface area contributed by atoms with Gasteiger partial charge in [-0.15, -0.1) is 0 Å². The third-order valence-electron chi connectivity index (χ3n) is 3.13. The number of hydrogen-bond acceptors (Lipinski definition) is 3. The standard InChI is InChI=1S/C11H18N2O/c12-10(11-7-13-8-14-11)6-9-4-2-1-3-5-9/h7-10H,1-6,12H2. The van der Waals surface area contributed by atoms with E-state index < -0.39 is 0 Å². The van der Waals surface area contributed by atoms with Crippen LogP contribution in [0.2, 0.25) is 0 Å². The van der Waals surface area contributed by atoms with Crippen LogP contribution in [0.15, 0.2) is 17.0 Å². The Morgan fingerprint density at radius 2 is 2.21 bits per heavy atom. The molecular weight excluding hydrogens is 176 g/mol. The first-order chi connectivity index (χ1) is 6.86. The lowest BCUT2D eigenvalue weighted by Gasteiger charge is -2.23. The van der Waals surface area contributed by atoms with Crippen molar-refractivity contribution in [3.8, 4) is 0 Å². The van der Waals surface area contributed by atoms with Crippen molar-refractivity contribution in [2.75, 3.05) is 0 Å². The van der Waals surface area contributed by atoms with Crippen LogP contribution < -0.4 is 5.73 Å². The number of nitrogens with two attached hydrogens (primary N) is 1. The molecule has 1 aromatic heterocycles. The number of oxazole rings is 1. The molecule has 3 nitrogen and oxygen atoms in total. The molecule has 1 unspecified atom stereocenters. The molecule has 0 bridgehead atoms. The maximum Gasteiger partial charge on any atom is 0.180 e. The van der Waals surface area contributed by atoms with Gasteiger partial charge in [0.1, 0.15) is 5.76 Å². The van der Waals surface area contributed by atoms with E-state index in [1.165, 1.54) is 38.5 Å². The summed E-state index contributed by atoms with van der Waals surface area (Å²) in [6.45, 7) is 0. The summed E-state index contributed by atoms with van der Waals surface area (Å²) in [4.78, 5) is 3.89. The van der Waals surface area contributed by atoms with Crippen molar-refractivity contribution >= 4 is 0 Å². The minimum atomic E-state index is 0.0422. The molecular formula is C11H18N2O. The topological polar surface area (TPSA) is 52.0 Å². The molecule has 0 aliphatic heterocycles. The summed E-state index contributed by atoms with van der Waals surface area (Å²) >= 11 is 0. The predicted molar refractivity (Wildman–Crippen MR) is 54.6 cm³/mol. The van der Waals surface area contributed by atoms with E-state index in [0.29, 0.717) is 0 Å². The Balaban J connectivity index is 1.84. The molecule has 1 aliphatic carbocycles. The third kappa shape index (κ3) is 2.35. The van der Waals surface area contributed by atoms with Crippen LogP contribution in [0, 0.1) is 5.92 Å². The van der Waals surface area contributed by atoms with Crippen molar-refractivity contribution in [2.24, 2.45) is 11.7 Å². The van der Waals surface area contributed by atoms with E-state index in [1.807, 2.05) is 0 Å². The molecule has 0 saturated heterocycles. The molecule has 0 spiro atoms. The molecule has 0 aromatic carbocycles. The highest BCUT2D eigenvalue weighted by molar-refractivity contribution is 4.96. The van der Waals surface area contributed by atoms with Crippen molar-refractivity contribution in [1.29, 1.82) is 0 Å². The number of aromatic nitrogens is 1. The number of hydrogen-bond donors (Lipinski definition) is 1. The first-order valence-corrected chi connectivity index (χ1v) is 5.50. The molecule has 2 rings (SSSR count). The van der Waals surface area contributed by atoms with Gasteiger partial charge in [-0.2, -0.15) is 0 Å². The molecule has 14 heavy (non-hydrogen) atoms. The molecule has 2 N–H and O–H groups in total. The van der Waals surface area contributed by atoms with Gasteiger partial charge in [-0.05, 0) is 12.3 Å². The zero-order chi connectivity index (χ0) is 9.80. The van der Waals surface area contributed by atoms with E-state index in [9.17, 15) is 0 Å². The third-order valence-corrected chi connectivity index (χ3v) is 3.13. The van der Waals surface area contributed by atoms with E-state index >= 15 is 0 Å². The molecule has 1 aromatic rings. The zero-order valence-corrected chi connectivity index (χ0v) is 8.48. The van der Waals surface area contributed by atoms with Gasteiger partial charge < -0.3 is 10.2 Å². The molecule has 0 amide bonds. The van der Waals surface area contributed by atoms with Crippen molar-refractivity contribution in [1.82, 2.24) is 4.98 Å². The van der Waals surface area contributed by atoms with Crippen LogP contribution in [0.4, 0.5) is 0 Å². The van der Waals surface area contributed by atoms with E-state index in [2.05, 4.69) is 4.98 Å². The van der Waals surface area contributed by atoms with Crippen molar-refractivity contribution in [3.05, 3.63) is 18.4 Å². The predicted octanol–water partition coefficient (Wildman–Crippen LogP) is 2.64. The number of rotatable bonds is 3. The normalized spacial score (nSPS) is 20.9. The van der Waals surface area contributed by atoms with E-state index in [0.717, 1.165) is 18.1 Å². The summed E-state index contributed by atoms with van der Waals surface area (Å²) in [6, 6.07) is 0.0422. The second-order valence-electron chi connectivity index (χ2n) is 4.25. The van der Waals surface area contributed by atoms with Crippen LogP contribution in [0.5, 0.6) is 0 Å². The second-order valence-corrected chi connectivity index (χ2v) is 4.25. The van der Waals surface area contributed by atoms with E-state index in [1.54, 1.807) is 6.20 Å². The lowest BCUT2D eigenvalue weighted by atomic mass is 9.84. The van der Waals surface area contributed by atoms with Gasteiger partial charge in [0, 0.05) is 0 Å². The first-order valence-electron chi connectivity index (χ1n) is 5.50. The van der Waals surface area contributed by atoms with Gasteiger partial charge in [0.15, 0.2) is 6.39 Å². The SMILES string of the molecule is NC(CC1CCCCC1)c1cnco1. The van der Waals surface area contributed by atoms with Gasteiger partial charge in [0.05, 0.1) is 12.2 Å². The van der Waals surface area contributed by atoms with E-state index in [4.69, 9.17) is 10.2 Å². The molecule has 1 aliphatic rings. The Bertz CT molecular complexity index is 252. The lowest BCUT2D eigenvalue weighted by Crippen LogP contribution is -2.16. The second kappa shape index (κ2) is 4.60. The van der Waals surface area contributed by atoms with Crippen molar-refractivity contribution in [2.45, 2.75) is 44.6 Å². The monoisotopic (exact) mass is 194 g/mol. The van der Waals surface area contributed by atoms with E-state index in [-0.39, 0.29) is 6.04 Å². The molecule has 1 fully saturated rings. The Morgan fingerprint density at radius 1 is 1.43 bits per heavy atom. The van der Waals surface area contributed by atoms with Gasteiger partial charge in [0.2, 0.25) is 0 Å². The average molecular weight is 194 g/mol. The zero-order valence-electron chi connectivity index (χ0n) is 8.48. The smallest absolute Gasteiger partial charge is 0.180 e. The maximum atomic E-state index is 6.04. The fourth-order valence-corrected chi connectivity index (χ4v) is 2.31. The minimum absolute atomic E-state index is 0.0422. The van der Waals surface area contributed by atoms with Crippen molar-refractivity contribution < 1.29 is 4.42 Å². The van der Waals surface area contributed by atoms with Gasteiger partial charge >= 0.3 is 0 Å². The average Bonchev–Trinajstić information content (AvgIpc) is 2.72. The van der Waals surface area contributed by atoms with Crippen LogP contribution in [0.25, 0.3) is 0 Å². The Kier molecular flexibility index (Phi) is 3.19. The van der Waals surface area contributed by atoms with Crippen molar-refractivity contribution in [3.63, 3.8) is 0 Å². The Morgan fingerprint density at radius 3 is 2.86 bits per heavy atom. The van der Waals surface area contributed by atoms with Gasteiger partial charge in [0.25, 0.3) is 0 Å². The van der Waals surface area contributed by atoms with Crippen LogP contribution in [-0.2, 0) is 0 Å². The summed E-state index contributed by atoms with van der Waals surface area (Å²) in [5.41, 5.74) is 6.04. The maximum absolute atomic E-state index is 6.04. The first kappa shape index (κ1) is 9.71. The summed E-state index contributed by atoms with van der Waals surface area (Å²) < 4.78 is 5.20. The fourth-order valence-electron chi connectivity index (χ4n) is 2.31. The van der Waals surface area contributed by atoms with Crippen LogP contribution in [0.3, 0.4) is 0 Å². The quantitative estimate of drug-likeness (QED) is 0.804. The van der Waals surface area contributed by atoms with Gasteiger partial charge in [-0.1, -0.05) is 32.1 Å². The molecule has 3 heteroatoms.